The molecule has 4 aromatic rings. The lowest BCUT2D eigenvalue weighted by atomic mass is 10.0. The Morgan fingerprint density at radius 2 is 1.72 bits per heavy atom. The second-order valence-electron chi connectivity index (χ2n) is 8.61. The van der Waals surface area contributed by atoms with Crippen LogP contribution in [0.25, 0.3) is 10.2 Å². The van der Waals surface area contributed by atoms with Crippen molar-refractivity contribution >= 4 is 49.1 Å². The number of thiazole rings is 1. The molecule has 1 N–H and O–H groups in total. The summed E-state index contributed by atoms with van der Waals surface area (Å²) < 4.78 is 30.6. The number of benzene rings is 3. The summed E-state index contributed by atoms with van der Waals surface area (Å²) in [4.78, 5) is 29.1. The first kappa shape index (κ1) is 24.1. The van der Waals surface area contributed by atoms with Crippen molar-refractivity contribution in [3.8, 4) is 0 Å². The number of aryl methyl sites for hydroxylation is 1. The average molecular weight is 521 g/mol. The Labute approximate surface area is 212 Å². The minimum absolute atomic E-state index is 0.149. The van der Waals surface area contributed by atoms with Gasteiger partial charge in [0.2, 0.25) is 15.9 Å². The van der Waals surface area contributed by atoms with Gasteiger partial charge in [-0.1, -0.05) is 35.6 Å². The quantitative estimate of drug-likeness (QED) is 0.444. The predicted octanol–water partition coefficient (Wildman–Crippen LogP) is 3.69. The van der Waals surface area contributed by atoms with Gasteiger partial charge >= 0.3 is 0 Å². The third-order valence-electron chi connectivity index (χ3n) is 6.16. The van der Waals surface area contributed by atoms with Crippen LogP contribution >= 0.6 is 11.3 Å². The van der Waals surface area contributed by atoms with Crippen LogP contribution in [0.3, 0.4) is 0 Å². The zero-order valence-corrected chi connectivity index (χ0v) is 21.4. The van der Waals surface area contributed by atoms with Crippen molar-refractivity contribution in [1.82, 2.24) is 8.87 Å². The smallest absolute Gasteiger partial charge is 0.279 e. The second kappa shape index (κ2) is 9.45. The number of aromatic nitrogens is 1. The van der Waals surface area contributed by atoms with E-state index in [1.54, 1.807) is 6.07 Å². The fourth-order valence-electron chi connectivity index (χ4n) is 4.27. The molecule has 10 heteroatoms. The van der Waals surface area contributed by atoms with Gasteiger partial charge in [-0.3, -0.25) is 9.59 Å². The highest BCUT2D eigenvalue weighted by molar-refractivity contribution is 7.89. The summed E-state index contributed by atoms with van der Waals surface area (Å²) in [5, 5.41) is 2.75. The molecule has 0 aliphatic carbocycles. The number of amides is 2. The highest BCUT2D eigenvalue weighted by atomic mass is 32.2. The lowest BCUT2D eigenvalue weighted by Gasteiger charge is -2.28. The number of rotatable bonds is 4. The molecule has 0 radical (unpaired) electrons. The SMILES string of the molecule is CC(=O)Nc1ccc2c(c1)sc(=NC(=O)c1ccc(S(=O)(=O)N3CCc4ccccc4C3)cc1)n2C. The number of carbonyl (C=O) groups is 2. The number of hydrogen-bond donors (Lipinski definition) is 1. The fourth-order valence-corrected chi connectivity index (χ4v) is 6.74. The molecule has 3 aromatic carbocycles. The summed E-state index contributed by atoms with van der Waals surface area (Å²) >= 11 is 1.33. The van der Waals surface area contributed by atoms with Crippen molar-refractivity contribution in [2.24, 2.45) is 12.0 Å². The molecule has 0 fully saturated rings. The maximum atomic E-state index is 13.2. The summed E-state index contributed by atoms with van der Waals surface area (Å²) in [5.41, 5.74) is 4.04. The molecule has 0 saturated carbocycles. The highest BCUT2D eigenvalue weighted by Crippen LogP contribution is 2.25. The molecule has 1 aromatic heterocycles. The van der Waals surface area contributed by atoms with E-state index in [4.69, 9.17) is 0 Å². The van der Waals surface area contributed by atoms with Crippen LogP contribution in [-0.4, -0.2) is 35.6 Å². The summed E-state index contributed by atoms with van der Waals surface area (Å²) in [6, 6.07) is 19.3. The van der Waals surface area contributed by atoms with Crippen LogP contribution in [-0.2, 0) is 34.8 Å². The van der Waals surface area contributed by atoms with Crippen molar-refractivity contribution < 1.29 is 18.0 Å². The first-order valence-corrected chi connectivity index (χ1v) is 13.6. The molecule has 0 spiro atoms. The molecule has 0 bridgehead atoms. The average Bonchev–Trinajstić information content (AvgIpc) is 3.17. The van der Waals surface area contributed by atoms with E-state index in [1.165, 1.54) is 52.4 Å². The maximum Gasteiger partial charge on any atom is 0.279 e. The molecule has 184 valence electrons. The van der Waals surface area contributed by atoms with Crippen LogP contribution in [0, 0.1) is 0 Å². The molecule has 0 atom stereocenters. The van der Waals surface area contributed by atoms with Crippen molar-refractivity contribution in [3.63, 3.8) is 0 Å². The van der Waals surface area contributed by atoms with Crippen LogP contribution < -0.4 is 10.1 Å². The number of fused-ring (bicyclic) bond motifs is 2. The summed E-state index contributed by atoms with van der Waals surface area (Å²) in [6.45, 7) is 2.20. The lowest BCUT2D eigenvalue weighted by Crippen LogP contribution is -2.35. The topological polar surface area (TPSA) is 101 Å². The van der Waals surface area contributed by atoms with Gasteiger partial charge in [0.25, 0.3) is 5.91 Å². The molecule has 5 rings (SSSR count). The Kier molecular flexibility index (Phi) is 6.33. The first-order valence-electron chi connectivity index (χ1n) is 11.4. The van der Waals surface area contributed by atoms with Gasteiger partial charge in [-0.15, -0.1) is 0 Å². The molecular formula is C26H24N4O4S2. The molecule has 2 amide bonds. The van der Waals surface area contributed by atoms with Crippen LogP contribution in [0.2, 0.25) is 0 Å². The monoisotopic (exact) mass is 520 g/mol. The third kappa shape index (κ3) is 4.62. The van der Waals surface area contributed by atoms with Crippen molar-refractivity contribution in [1.29, 1.82) is 0 Å². The van der Waals surface area contributed by atoms with Crippen molar-refractivity contribution in [2.45, 2.75) is 24.8 Å². The molecule has 8 nitrogen and oxygen atoms in total. The Morgan fingerprint density at radius 1 is 1.00 bits per heavy atom. The minimum atomic E-state index is -3.68. The zero-order chi connectivity index (χ0) is 25.4. The normalized spacial score (nSPS) is 14.6. The maximum absolute atomic E-state index is 13.2. The lowest BCUT2D eigenvalue weighted by molar-refractivity contribution is -0.114. The van der Waals surface area contributed by atoms with Gasteiger partial charge in [-0.25, -0.2) is 8.42 Å². The molecule has 0 saturated heterocycles. The number of hydrogen-bond acceptors (Lipinski definition) is 5. The fraction of sp³-hybridized carbons (Fsp3) is 0.192. The van der Waals surface area contributed by atoms with Crippen LogP contribution in [0.4, 0.5) is 5.69 Å². The van der Waals surface area contributed by atoms with Gasteiger partial charge in [0.05, 0.1) is 15.1 Å². The molecule has 1 aliphatic heterocycles. The standard InChI is InChI=1S/C26H24N4O4S2/c1-17(31)27-21-9-12-23-24(15-21)35-26(29(23)2)28-25(32)19-7-10-22(11-8-19)36(33,34)30-14-13-18-5-3-4-6-20(18)16-30/h3-12,15H,13-14,16H2,1-2H3,(H,27,31). The predicted molar refractivity (Wildman–Crippen MR) is 139 cm³/mol. The van der Waals surface area contributed by atoms with E-state index in [0.717, 1.165) is 15.8 Å². The molecule has 2 heterocycles. The molecule has 36 heavy (non-hydrogen) atoms. The Morgan fingerprint density at radius 3 is 2.44 bits per heavy atom. The van der Waals surface area contributed by atoms with E-state index >= 15 is 0 Å². The third-order valence-corrected chi connectivity index (χ3v) is 9.12. The summed E-state index contributed by atoms with van der Waals surface area (Å²) in [7, 11) is -1.87. The molecular weight excluding hydrogens is 496 g/mol. The van der Waals surface area contributed by atoms with E-state index in [-0.39, 0.29) is 10.8 Å². The van der Waals surface area contributed by atoms with Gasteiger partial charge in [0.1, 0.15) is 0 Å². The van der Waals surface area contributed by atoms with E-state index in [9.17, 15) is 18.0 Å². The number of sulfonamides is 1. The second-order valence-corrected chi connectivity index (χ2v) is 11.6. The first-order chi connectivity index (χ1) is 17.2. The minimum Gasteiger partial charge on any atom is -0.326 e. The van der Waals surface area contributed by atoms with Crippen LogP contribution in [0.1, 0.15) is 28.4 Å². The van der Waals surface area contributed by atoms with Crippen molar-refractivity contribution in [3.05, 3.63) is 88.2 Å². The Bertz CT molecular complexity index is 1670. The number of nitrogens with zero attached hydrogens (tertiary/aromatic N) is 3. The van der Waals surface area contributed by atoms with Gasteiger partial charge in [-0.05, 0) is 60.0 Å². The van der Waals surface area contributed by atoms with E-state index < -0.39 is 15.9 Å². The number of carbonyl (C=O) groups excluding carboxylic acids is 2. The van der Waals surface area contributed by atoms with Gasteiger partial charge in [0.15, 0.2) is 4.80 Å². The number of anilines is 1. The summed E-state index contributed by atoms with van der Waals surface area (Å²) in [5.74, 6) is -0.624. The highest BCUT2D eigenvalue weighted by Gasteiger charge is 2.28. The van der Waals surface area contributed by atoms with Gasteiger partial charge in [-0.2, -0.15) is 9.30 Å². The van der Waals surface area contributed by atoms with Crippen LogP contribution in [0.15, 0.2) is 76.6 Å². The Hall–Kier alpha value is -3.60. The molecule has 1 aliphatic rings. The Balaban J connectivity index is 1.38. The van der Waals surface area contributed by atoms with Crippen LogP contribution in [0.5, 0.6) is 0 Å². The number of nitrogens with one attached hydrogen (secondary N) is 1. The molecule has 0 unspecified atom stereocenters. The van der Waals surface area contributed by atoms with Crippen molar-refractivity contribution in [2.75, 3.05) is 11.9 Å². The largest absolute Gasteiger partial charge is 0.326 e. The van der Waals surface area contributed by atoms with E-state index in [0.29, 0.717) is 35.6 Å². The van der Waals surface area contributed by atoms with E-state index in [1.807, 2.05) is 48.0 Å². The summed E-state index contributed by atoms with van der Waals surface area (Å²) in [6.07, 6.45) is 0.670. The zero-order valence-electron chi connectivity index (χ0n) is 19.8. The van der Waals surface area contributed by atoms with E-state index in [2.05, 4.69) is 10.3 Å². The van der Waals surface area contributed by atoms with Gasteiger partial charge in [0, 0.05) is 38.3 Å². The van der Waals surface area contributed by atoms with Gasteiger partial charge < -0.3 is 9.88 Å².